The molecular weight excluding hydrogens is 534 g/mol. The quantitative estimate of drug-likeness (QED) is 0.288. The smallest absolute Gasteiger partial charge is 0.264 e. The number of sulfonamides is 1. The predicted octanol–water partition coefficient (Wildman–Crippen LogP) is 5.57. The highest BCUT2D eigenvalue weighted by atomic mass is 32.2. The first-order valence-corrected chi connectivity index (χ1v) is 15.7. The Labute approximate surface area is 245 Å². The van der Waals surface area contributed by atoms with Crippen molar-refractivity contribution in [2.24, 2.45) is 0 Å². The number of carbonyl (C=O) groups is 2. The lowest BCUT2D eigenvalue weighted by atomic mass is 10.1. The van der Waals surface area contributed by atoms with Crippen LogP contribution in [0.5, 0.6) is 0 Å². The summed E-state index contributed by atoms with van der Waals surface area (Å²) >= 11 is 0. The van der Waals surface area contributed by atoms with Gasteiger partial charge in [-0.2, -0.15) is 0 Å². The first-order valence-electron chi connectivity index (χ1n) is 14.3. The molecule has 0 unspecified atom stereocenters. The van der Waals surface area contributed by atoms with Gasteiger partial charge in [-0.1, -0.05) is 79.6 Å². The molecular formula is C33H43N3O4S. The number of carbonyl (C=O) groups excluding carboxylic acids is 2. The number of aryl methyl sites for hydroxylation is 3. The molecule has 0 saturated carbocycles. The molecule has 0 aliphatic rings. The average Bonchev–Trinajstić information content (AvgIpc) is 2.94. The van der Waals surface area contributed by atoms with E-state index in [0.717, 1.165) is 28.7 Å². The Kier molecular flexibility index (Phi) is 11.1. The van der Waals surface area contributed by atoms with Gasteiger partial charge in [0.05, 0.1) is 10.6 Å². The maximum Gasteiger partial charge on any atom is 0.264 e. The molecule has 3 aromatic carbocycles. The Hall–Kier alpha value is -3.65. The lowest BCUT2D eigenvalue weighted by Gasteiger charge is -2.34. The van der Waals surface area contributed by atoms with Crippen molar-refractivity contribution in [3.63, 3.8) is 0 Å². The normalized spacial score (nSPS) is 12.8. The number of rotatable bonds is 13. The molecule has 3 aromatic rings. The van der Waals surface area contributed by atoms with Gasteiger partial charge in [-0.05, 0) is 76.3 Å². The van der Waals surface area contributed by atoms with E-state index in [-0.39, 0.29) is 23.4 Å². The van der Waals surface area contributed by atoms with Crippen LogP contribution in [0.15, 0.2) is 77.7 Å². The molecule has 0 aliphatic carbocycles. The first kappa shape index (κ1) is 31.9. The first-order chi connectivity index (χ1) is 19.5. The molecule has 220 valence electrons. The van der Waals surface area contributed by atoms with Crippen LogP contribution in [0.1, 0.15) is 55.9 Å². The molecule has 0 aliphatic heterocycles. The molecule has 0 aromatic heterocycles. The van der Waals surface area contributed by atoms with E-state index in [1.54, 1.807) is 35.2 Å². The molecule has 0 fully saturated rings. The van der Waals surface area contributed by atoms with Crippen LogP contribution in [0.3, 0.4) is 0 Å². The summed E-state index contributed by atoms with van der Waals surface area (Å²) in [5.41, 5.74) is 4.13. The number of hydrogen-bond donors (Lipinski definition) is 1. The number of amides is 2. The Morgan fingerprint density at radius 3 is 2.07 bits per heavy atom. The van der Waals surface area contributed by atoms with Gasteiger partial charge in [0.1, 0.15) is 12.6 Å². The highest BCUT2D eigenvalue weighted by Crippen LogP contribution is 2.28. The fraction of sp³-hybridized carbons (Fsp3) is 0.394. The third-order valence-electron chi connectivity index (χ3n) is 7.38. The van der Waals surface area contributed by atoms with E-state index >= 15 is 0 Å². The molecule has 41 heavy (non-hydrogen) atoms. The van der Waals surface area contributed by atoms with Crippen molar-refractivity contribution < 1.29 is 18.0 Å². The average molecular weight is 578 g/mol. The summed E-state index contributed by atoms with van der Waals surface area (Å²) < 4.78 is 29.3. The second kappa shape index (κ2) is 14.3. The third kappa shape index (κ3) is 8.19. The topological polar surface area (TPSA) is 86.8 Å². The fourth-order valence-electron chi connectivity index (χ4n) is 4.77. The van der Waals surface area contributed by atoms with Gasteiger partial charge in [0.2, 0.25) is 11.8 Å². The fourth-order valence-corrected chi connectivity index (χ4v) is 6.25. The minimum atomic E-state index is -4.09. The highest BCUT2D eigenvalue weighted by molar-refractivity contribution is 7.92. The van der Waals surface area contributed by atoms with Gasteiger partial charge in [0.15, 0.2) is 0 Å². The monoisotopic (exact) mass is 577 g/mol. The van der Waals surface area contributed by atoms with Crippen molar-refractivity contribution in [3.05, 3.63) is 95.1 Å². The third-order valence-corrected chi connectivity index (χ3v) is 9.15. The summed E-state index contributed by atoms with van der Waals surface area (Å²) in [7, 11) is -4.09. The van der Waals surface area contributed by atoms with E-state index in [0.29, 0.717) is 18.5 Å². The number of hydrogen-bond acceptors (Lipinski definition) is 4. The molecule has 7 nitrogen and oxygen atoms in total. The van der Waals surface area contributed by atoms with E-state index in [1.165, 1.54) is 4.31 Å². The second-order valence-electron chi connectivity index (χ2n) is 10.7. The van der Waals surface area contributed by atoms with Crippen LogP contribution in [0.25, 0.3) is 0 Å². The van der Waals surface area contributed by atoms with Gasteiger partial charge in [-0.3, -0.25) is 13.9 Å². The molecule has 0 heterocycles. The van der Waals surface area contributed by atoms with Crippen molar-refractivity contribution in [2.75, 3.05) is 17.4 Å². The zero-order valence-corrected chi connectivity index (χ0v) is 25.9. The Morgan fingerprint density at radius 1 is 0.854 bits per heavy atom. The minimum absolute atomic E-state index is 0.0451. The van der Waals surface area contributed by atoms with Crippen molar-refractivity contribution in [1.29, 1.82) is 0 Å². The molecule has 0 saturated heterocycles. The zero-order chi connectivity index (χ0) is 30.2. The molecule has 2 amide bonds. The summed E-state index contributed by atoms with van der Waals surface area (Å²) in [6.45, 7) is 11.3. The summed E-state index contributed by atoms with van der Waals surface area (Å²) in [4.78, 5) is 29.2. The summed E-state index contributed by atoms with van der Waals surface area (Å²) in [6, 6.07) is 21.1. The van der Waals surface area contributed by atoms with Crippen LogP contribution in [0.4, 0.5) is 5.69 Å². The number of nitrogens with one attached hydrogen (secondary N) is 1. The molecule has 0 radical (unpaired) electrons. The van der Waals surface area contributed by atoms with E-state index in [4.69, 9.17) is 0 Å². The van der Waals surface area contributed by atoms with Crippen LogP contribution >= 0.6 is 0 Å². The molecule has 1 N–H and O–H groups in total. The van der Waals surface area contributed by atoms with Crippen LogP contribution in [0.2, 0.25) is 0 Å². The van der Waals surface area contributed by atoms with Gasteiger partial charge >= 0.3 is 0 Å². The van der Waals surface area contributed by atoms with Crippen LogP contribution in [-0.2, 0) is 26.0 Å². The Balaban J connectivity index is 2.04. The van der Waals surface area contributed by atoms with Gasteiger partial charge in [0, 0.05) is 12.6 Å². The lowest BCUT2D eigenvalue weighted by molar-refractivity contribution is -0.139. The van der Waals surface area contributed by atoms with Crippen molar-refractivity contribution >= 4 is 27.5 Å². The number of benzene rings is 3. The van der Waals surface area contributed by atoms with Crippen LogP contribution in [0, 0.1) is 20.8 Å². The van der Waals surface area contributed by atoms with Gasteiger partial charge in [-0.15, -0.1) is 0 Å². The van der Waals surface area contributed by atoms with Gasteiger partial charge in [0.25, 0.3) is 10.0 Å². The maximum atomic E-state index is 14.2. The van der Waals surface area contributed by atoms with Crippen molar-refractivity contribution in [1.82, 2.24) is 10.2 Å². The molecule has 2 atom stereocenters. The molecule has 8 heteroatoms. The summed E-state index contributed by atoms with van der Waals surface area (Å²) in [6.07, 6.45) is 1.69. The van der Waals surface area contributed by atoms with E-state index in [1.807, 2.05) is 84.0 Å². The number of anilines is 1. The maximum absolute atomic E-state index is 14.2. The molecule has 0 spiro atoms. The Bertz CT molecular complexity index is 1420. The van der Waals surface area contributed by atoms with E-state index < -0.39 is 28.5 Å². The van der Waals surface area contributed by atoms with Gasteiger partial charge in [-0.25, -0.2) is 8.42 Å². The van der Waals surface area contributed by atoms with Crippen LogP contribution in [-0.4, -0.2) is 50.3 Å². The SMILES string of the molecule is CC[C@@H](C)NC(=O)[C@H](CC)N(CCc1ccccc1)C(=O)CN(c1ccc(C)cc1C)S(=O)(=O)c1ccc(C)cc1. The molecule has 3 rings (SSSR count). The molecule has 0 bridgehead atoms. The second-order valence-corrected chi connectivity index (χ2v) is 12.5. The van der Waals surface area contributed by atoms with Crippen LogP contribution < -0.4 is 9.62 Å². The zero-order valence-electron chi connectivity index (χ0n) is 25.1. The van der Waals surface area contributed by atoms with Crippen molar-refractivity contribution in [3.8, 4) is 0 Å². The summed E-state index contributed by atoms with van der Waals surface area (Å²) in [5.74, 6) is -0.662. The van der Waals surface area contributed by atoms with Gasteiger partial charge < -0.3 is 10.2 Å². The minimum Gasteiger partial charge on any atom is -0.352 e. The van der Waals surface area contributed by atoms with E-state index in [2.05, 4.69) is 5.32 Å². The standard InChI is InChI=1S/C33H43N3O4S/c1-7-27(6)34-33(38)30(8-2)35(21-20-28-12-10-9-11-13-28)32(37)23-36(31-19-16-25(4)22-26(31)5)41(39,40)29-17-14-24(3)15-18-29/h9-19,22,27,30H,7-8,20-21,23H2,1-6H3,(H,34,38)/t27-,30+/m1/s1. The van der Waals surface area contributed by atoms with E-state index in [9.17, 15) is 18.0 Å². The largest absolute Gasteiger partial charge is 0.352 e. The predicted molar refractivity (Wildman–Crippen MR) is 165 cm³/mol. The Morgan fingerprint density at radius 2 is 1.49 bits per heavy atom. The highest BCUT2D eigenvalue weighted by Gasteiger charge is 2.34. The lowest BCUT2D eigenvalue weighted by Crippen LogP contribution is -2.54. The number of nitrogens with zero attached hydrogens (tertiary/aromatic N) is 2. The van der Waals surface area contributed by atoms with Crippen molar-refractivity contribution in [2.45, 2.75) is 77.8 Å². The summed E-state index contributed by atoms with van der Waals surface area (Å²) in [5, 5.41) is 3.01.